The summed E-state index contributed by atoms with van der Waals surface area (Å²) in [6.45, 7) is 4.37. The molecule has 0 aromatic heterocycles. The molecule has 1 unspecified atom stereocenters. The van der Waals surface area contributed by atoms with Crippen molar-refractivity contribution >= 4 is 19.8 Å². The molecule has 0 bridgehead atoms. The minimum Gasteiger partial charge on any atom is -0.462 e. The molecule has 0 fully saturated rings. The van der Waals surface area contributed by atoms with E-state index in [1.54, 1.807) is 0 Å². The lowest BCUT2D eigenvalue weighted by Gasteiger charge is -2.24. The average Bonchev–Trinajstić information content (AvgIpc) is 3.17. The monoisotopic (exact) mass is 841 g/mol. The molecule has 9 nitrogen and oxygen atoms in total. The number of likely N-dealkylation sites (N-methyl/N-ethyl adjacent to an activating group) is 1. The lowest BCUT2D eigenvalue weighted by molar-refractivity contribution is -0.870. The van der Waals surface area contributed by atoms with Crippen LogP contribution in [0.15, 0.2) is 36.5 Å². The van der Waals surface area contributed by atoms with Crippen molar-refractivity contribution in [2.75, 3.05) is 47.5 Å². The van der Waals surface area contributed by atoms with Crippen LogP contribution in [0.1, 0.15) is 206 Å². The van der Waals surface area contributed by atoms with Crippen molar-refractivity contribution in [3.63, 3.8) is 0 Å². The standard InChI is InChI=1S/C48H90NO8P/c1-6-8-10-12-14-16-18-20-22-23-24-25-27-29-31-33-35-37-39-41-48(51)57-46(45-56-58(52,53)55-43-42-49(3,4)5)44-54-47(50)40-38-36-34-32-30-28-26-21-19-17-15-13-11-9-7-2/h15,17,21,26,30,32,46H,6-14,16,18-20,22-25,27-29,31,33-45H2,1-5H3/p+1/b17-15-,26-21-,32-30-/t46-/m1/s1. The van der Waals surface area contributed by atoms with Gasteiger partial charge in [-0.1, -0.05) is 179 Å². The molecule has 58 heavy (non-hydrogen) atoms. The minimum atomic E-state index is -4.38. The zero-order chi connectivity index (χ0) is 42.8. The summed E-state index contributed by atoms with van der Waals surface area (Å²) in [5.41, 5.74) is 0. The second-order valence-corrected chi connectivity index (χ2v) is 18.6. The Morgan fingerprint density at radius 1 is 0.534 bits per heavy atom. The summed E-state index contributed by atoms with van der Waals surface area (Å²) >= 11 is 0. The van der Waals surface area contributed by atoms with Gasteiger partial charge in [-0.25, -0.2) is 4.57 Å². The number of allylic oxidation sites excluding steroid dienone is 6. The van der Waals surface area contributed by atoms with Gasteiger partial charge in [-0.2, -0.15) is 0 Å². The summed E-state index contributed by atoms with van der Waals surface area (Å²) in [5.74, 6) is -0.836. The number of unbranched alkanes of at least 4 members (excludes halogenated alkanes) is 23. The summed E-state index contributed by atoms with van der Waals surface area (Å²) in [4.78, 5) is 35.4. The molecule has 0 aromatic rings. The summed E-state index contributed by atoms with van der Waals surface area (Å²) in [5, 5.41) is 0. The van der Waals surface area contributed by atoms with E-state index in [-0.39, 0.29) is 26.1 Å². The number of quaternary nitrogens is 1. The largest absolute Gasteiger partial charge is 0.472 e. The minimum absolute atomic E-state index is 0.0266. The maximum Gasteiger partial charge on any atom is 0.472 e. The number of carbonyl (C=O) groups is 2. The molecule has 0 aliphatic rings. The van der Waals surface area contributed by atoms with E-state index in [0.717, 1.165) is 44.9 Å². The number of phosphoric ester groups is 1. The summed E-state index contributed by atoms with van der Waals surface area (Å²) < 4.78 is 34.3. The quantitative estimate of drug-likeness (QED) is 0.0213. The highest BCUT2D eigenvalue weighted by atomic mass is 31.2. The number of hydrogen-bond donors (Lipinski definition) is 1. The molecule has 0 heterocycles. The molecule has 0 aliphatic carbocycles. The van der Waals surface area contributed by atoms with Crippen LogP contribution in [0.25, 0.3) is 0 Å². The SMILES string of the molecule is CCCCC/C=C\C/C=C\C/C=C\CCCCC(=O)OC[C@H](COP(=O)(O)OCC[N+](C)(C)C)OC(=O)CCCCCCCCCCCCCCCCCCCCC. The normalized spacial score (nSPS) is 13.8. The fourth-order valence-electron chi connectivity index (χ4n) is 6.43. The van der Waals surface area contributed by atoms with E-state index < -0.39 is 32.5 Å². The van der Waals surface area contributed by atoms with Crippen LogP contribution in [0.3, 0.4) is 0 Å². The van der Waals surface area contributed by atoms with Gasteiger partial charge in [-0.15, -0.1) is 0 Å². The molecule has 0 aliphatic heterocycles. The molecule has 340 valence electrons. The zero-order valence-electron chi connectivity index (χ0n) is 38.3. The van der Waals surface area contributed by atoms with Crippen LogP contribution in [0, 0.1) is 0 Å². The number of esters is 2. The van der Waals surface area contributed by atoms with Crippen molar-refractivity contribution in [3.05, 3.63) is 36.5 Å². The van der Waals surface area contributed by atoms with E-state index in [1.165, 1.54) is 122 Å². The molecule has 1 N–H and O–H groups in total. The van der Waals surface area contributed by atoms with E-state index in [4.69, 9.17) is 18.5 Å². The van der Waals surface area contributed by atoms with Gasteiger partial charge in [0.25, 0.3) is 0 Å². The Hall–Kier alpha value is -1.77. The topological polar surface area (TPSA) is 108 Å². The third-order valence-electron chi connectivity index (χ3n) is 10.2. The third-order valence-corrected chi connectivity index (χ3v) is 11.2. The van der Waals surface area contributed by atoms with Crippen LogP contribution in [-0.2, 0) is 32.7 Å². The van der Waals surface area contributed by atoms with E-state index in [1.807, 2.05) is 21.1 Å². The zero-order valence-corrected chi connectivity index (χ0v) is 39.2. The Kier molecular flexibility index (Phi) is 39.4. The Labute approximate surface area is 357 Å². The Morgan fingerprint density at radius 3 is 1.41 bits per heavy atom. The number of carbonyl (C=O) groups excluding carboxylic acids is 2. The maximum absolute atomic E-state index is 12.7. The van der Waals surface area contributed by atoms with Gasteiger partial charge in [-0.05, 0) is 51.4 Å². The molecular formula is C48H91NO8P+. The van der Waals surface area contributed by atoms with Crippen LogP contribution in [0.4, 0.5) is 0 Å². The van der Waals surface area contributed by atoms with Gasteiger partial charge in [0.2, 0.25) is 0 Å². The van der Waals surface area contributed by atoms with E-state index >= 15 is 0 Å². The van der Waals surface area contributed by atoms with Gasteiger partial charge < -0.3 is 18.9 Å². The van der Waals surface area contributed by atoms with E-state index in [9.17, 15) is 19.0 Å². The summed E-state index contributed by atoms with van der Waals surface area (Å²) in [6.07, 6.45) is 46.2. The second-order valence-electron chi connectivity index (χ2n) is 17.1. The molecule has 0 radical (unpaired) electrons. The number of phosphoric acid groups is 1. The highest BCUT2D eigenvalue weighted by Gasteiger charge is 2.27. The Morgan fingerprint density at radius 2 is 0.931 bits per heavy atom. The maximum atomic E-state index is 12.7. The highest BCUT2D eigenvalue weighted by molar-refractivity contribution is 7.47. The number of nitrogens with zero attached hydrogens (tertiary/aromatic N) is 1. The highest BCUT2D eigenvalue weighted by Crippen LogP contribution is 2.43. The predicted molar refractivity (Wildman–Crippen MR) is 243 cm³/mol. The molecule has 0 amide bonds. The van der Waals surface area contributed by atoms with Crippen molar-refractivity contribution in [1.82, 2.24) is 0 Å². The molecule has 0 aromatic carbocycles. The van der Waals surface area contributed by atoms with Gasteiger partial charge >= 0.3 is 19.8 Å². The first-order valence-corrected chi connectivity index (χ1v) is 25.2. The molecule has 0 rings (SSSR count). The summed E-state index contributed by atoms with van der Waals surface area (Å²) in [6, 6.07) is 0. The van der Waals surface area contributed by atoms with Crippen LogP contribution in [0.2, 0.25) is 0 Å². The molecule has 2 atom stereocenters. The van der Waals surface area contributed by atoms with Crippen molar-refractivity contribution in [2.24, 2.45) is 0 Å². The van der Waals surface area contributed by atoms with Crippen LogP contribution >= 0.6 is 7.82 Å². The second kappa shape index (κ2) is 40.6. The van der Waals surface area contributed by atoms with Crippen LogP contribution in [-0.4, -0.2) is 74.9 Å². The van der Waals surface area contributed by atoms with Gasteiger partial charge in [0.1, 0.15) is 19.8 Å². The first-order valence-electron chi connectivity index (χ1n) is 23.7. The number of ether oxygens (including phenoxy) is 2. The number of rotatable bonds is 43. The van der Waals surface area contributed by atoms with Crippen LogP contribution < -0.4 is 0 Å². The first-order chi connectivity index (χ1) is 28.0. The Balaban J connectivity index is 4.33. The molecule has 0 saturated heterocycles. The molecule has 10 heteroatoms. The lowest BCUT2D eigenvalue weighted by atomic mass is 10.0. The smallest absolute Gasteiger partial charge is 0.462 e. The van der Waals surface area contributed by atoms with Crippen molar-refractivity contribution in [2.45, 2.75) is 213 Å². The van der Waals surface area contributed by atoms with Crippen molar-refractivity contribution in [1.29, 1.82) is 0 Å². The van der Waals surface area contributed by atoms with E-state index in [2.05, 4.69) is 50.3 Å². The van der Waals surface area contributed by atoms with Crippen LogP contribution in [0.5, 0.6) is 0 Å². The van der Waals surface area contributed by atoms with Gasteiger partial charge in [0.15, 0.2) is 6.10 Å². The fraction of sp³-hybridized carbons (Fsp3) is 0.833. The van der Waals surface area contributed by atoms with Gasteiger partial charge in [-0.3, -0.25) is 18.6 Å². The van der Waals surface area contributed by atoms with Gasteiger partial charge in [0.05, 0.1) is 27.7 Å². The van der Waals surface area contributed by atoms with Gasteiger partial charge in [0, 0.05) is 12.8 Å². The summed E-state index contributed by atoms with van der Waals surface area (Å²) in [7, 11) is 1.46. The first kappa shape index (κ1) is 56.2. The molecular weight excluding hydrogens is 750 g/mol. The molecule has 0 saturated carbocycles. The predicted octanol–water partition coefficient (Wildman–Crippen LogP) is 13.7. The lowest BCUT2D eigenvalue weighted by Crippen LogP contribution is -2.37. The third kappa shape index (κ3) is 43.8. The fourth-order valence-corrected chi connectivity index (χ4v) is 7.17. The Bertz CT molecular complexity index is 1090. The number of hydrogen-bond acceptors (Lipinski definition) is 7. The van der Waals surface area contributed by atoms with Crippen molar-refractivity contribution < 1.29 is 42.1 Å². The van der Waals surface area contributed by atoms with Crippen molar-refractivity contribution in [3.8, 4) is 0 Å². The molecule has 0 spiro atoms. The average molecular weight is 841 g/mol. The van der Waals surface area contributed by atoms with E-state index in [0.29, 0.717) is 23.9 Å².